The molecule has 136 valence electrons. The molecule has 1 aliphatic rings. The summed E-state index contributed by atoms with van der Waals surface area (Å²) < 4.78 is 5.43. The second-order valence-electron chi connectivity index (χ2n) is 6.72. The van der Waals surface area contributed by atoms with Crippen LogP contribution in [0.15, 0.2) is 79.0 Å². The molecule has 0 radical (unpaired) electrons. The molecule has 4 nitrogen and oxygen atoms in total. The molecule has 2 heterocycles. The Morgan fingerprint density at radius 1 is 0.963 bits per heavy atom. The van der Waals surface area contributed by atoms with Crippen LogP contribution in [0, 0.1) is 5.92 Å². The third-order valence-electron chi connectivity index (χ3n) is 4.88. The SMILES string of the molecule is O=C(C1CCOC1)N(Cc1ccccn1)c1ccc(-c2ccccc2)cc1. The van der Waals surface area contributed by atoms with Gasteiger partial charge in [-0.1, -0.05) is 48.5 Å². The summed E-state index contributed by atoms with van der Waals surface area (Å²) >= 11 is 0. The number of nitrogens with zero attached hydrogens (tertiary/aromatic N) is 2. The molecule has 1 unspecified atom stereocenters. The van der Waals surface area contributed by atoms with E-state index in [4.69, 9.17) is 4.74 Å². The fourth-order valence-electron chi connectivity index (χ4n) is 3.36. The Hall–Kier alpha value is -2.98. The Labute approximate surface area is 159 Å². The second-order valence-corrected chi connectivity index (χ2v) is 6.72. The highest BCUT2D eigenvalue weighted by atomic mass is 16.5. The van der Waals surface area contributed by atoms with Gasteiger partial charge in [0.15, 0.2) is 0 Å². The van der Waals surface area contributed by atoms with Crippen molar-refractivity contribution in [1.29, 1.82) is 0 Å². The monoisotopic (exact) mass is 358 g/mol. The number of aromatic nitrogens is 1. The van der Waals surface area contributed by atoms with E-state index in [1.54, 1.807) is 6.20 Å². The fourth-order valence-corrected chi connectivity index (χ4v) is 3.36. The molecule has 2 aromatic carbocycles. The van der Waals surface area contributed by atoms with Crippen LogP contribution in [-0.2, 0) is 16.1 Å². The molecule has 0 N–H and O–H groups in total. The van der Waals surface area contributed by atoms with Gasteiger partial charge in [0.1, 0.15) is 0 Å². The van der Waals surface area contributed by atoms with Crippen molar-refractivity contribution in [3.63, 3.8) is 0 Å². The number of rotatable bonds is 5. The minimum absolute atomic E-state index is 0.0810. The van der Waals surface area contributed by atoms with Gasteiger partial charge < -0.3 is 9.64 Å². The molecule has 1 aliphatic heterocycles. The van der Waals surface area contributed by atoms with E-state index >= 15 is 0 Å². The van der Waals surface area contributed by atoms with Crippen LogP contribution < -0.4 is 4.90 Å². The Morgan fingerprint density at radius 3 is 2.37 bits per heavy atom. The molecule has 27 heavy (non-hydrogen) atoms. The van der Waals surface area contributed by atoms with Crippen LogP contribution in [0.1, 0.15) is 12.1 Å². The Kier molecular flexibility index (Phi) is 5.26. The first-order chi connectivity index (χ1) is 13.3. The standard InChI is InChI=1S/C23H22N2O2/c26-23(20-13-15-27-17-20)25(16-21-8-4-5-14-24-21)22-11-9-19(10-12-22)18-6-2-1-3-7-18/h1-12,14,20H,13,15-17H2. The van der Waals surface area contributed by atoms with Crippen LogP contribution in [0.25, 0.3) is 11.1 Å². The lowest BCUT2D eigenvalue weighted by molar-refractivity contribution is -0.122. The highest BCUT2D eigenvalue weighted by molar-refractivity contribution is 5.95. The van der Waals surface area contributed by atoms with Gasteiger partial charge in [0.05, 0.1) is 24.8 Å². The zero-order valence-electron chi connectivity index (χ0n) is 15.1. The van der Waals surface area contributed by atoms with E-state index in [9.17, 15) is 4.79 Å². The molecule has 1 atom stereocenters. The molecule has 1 fully saturated rings. The van der Waals surface area contributed by atoms with Gasteiger partial charge in [0.25, 0.3) is 0 Å². The summed E-state index contributed by atoms with van der Waals surface area (Å²) in [7, 11) is 0. The first kappa shape index (κ1) is 17.4. The van der Waals surface area contributed by atoms with Crippen molar-refractivity contribution in [1.82, 2.24) is 4.98 Å². The predicted molar refractivity (Wildman–Crippen MR) is 106 cm³/mol. The van der Waals surface area contributed by atoms with Crippen LogP contribution in [-0.4, -0.2) is 24.1 Å². The number of benzene rings is 2. The fraction of sp³-hybridized carbons (Fsp3) is 0.217. The first-order valence-electron chi connectivity index (χ1n) is 9.26. The summed E-state index contributed by atoms with van der Waals surface area (Å²) in [4.78, 5) is 19.3. The minimum Gasteiger partial charge on any atom is -0.381 e. The van der Waals surface area contributed by atoms with Gasteiger partial charge in [0.2, 0.25) is 5.91 Å². The third-order valence-corrected chi connectivity index (χ3v) is 4.88. The lowest BCUT2D eigenvalue weighted by atomic mass is 10.0. The summed E-state index contributed by atoms with van der Waals surface area (Å²) in [5, 5.41) is 0. The number of ether oxygens (including phenoxy) is 1. The summed E-state index contributed by atoms with van der Waals surface area (Å²) in [6.07, 6.45) is 2.54. The molecular formula is C23H22N2O2. The largest absolute Gasteiger partial charge is 0.381 e. The van der Waals surface area contributed by atoms with Gasteiger partial charge in [-0.2, -0.15) is 0 Å². The average molecular weight is 358 g/mol. The first-order valence-corrected chi connectivity index (χ1v) is 9.26. The van der Waals surface area contributed by atoms with E-state index in [1.807, 2.05) is 53.4 Å². The summed E-state index contributed by atoms with van der Waals surface area (Å²) in [6, 6.07) is 24.2. The number of hydrogen-bond donors (Lipinski definition) is 0. The van der Waals surface area contributed by atoms with Crippen molar-refractivity contribution < 1.29 is 9.53 Å². The van der Waals surface area contributed by atoms with Gasteiger partial charge in [-0.05, 0) is 41.8 Å². The number of carbonyl (C=O) groups excluding carboxylic acids is 1. The number of carbonyl (C=O) groups is 1. The third kappa shape index (κ3) is 4.07. The van der Waals surface area contributed by atoms with Crippen LogP contribution in [0.2, 0.25) is 0 Å². The van der Waals surface area contributed by atoms with E-state index in [0.717, 1.165) is 28.9 Å². The van der Waals surface area contributed by atoms with Gasteiger partial charge >= 0.3 is 0 Å². The quantitative estimate of drug-likeness (QED) is 0.682. The van der Waals surface area contributed by atoms with E-state index < -0.39 is 0 Å². The highest BCUT2D eigenvalue weighted by Gasteiger charge is 2.29. The van der Waals surface area contributed by atoms with E-state index in [2.05, 4.69) is 29.2 Å². The van der Waals surface area contributed by atoms with Crippen LogP contribution in [0.3, 0.4) is 0 Å². The van der Waals surface area contributed by atoms with Crippen molar-refractivity contribution >= 4 is 11.6 Å². The Morgan fingerprint density at radius 2 is 1.70 bits per heavy atom. The maximum Gasteiger partial charge on any atom is 0.232 e. The molecule has 0 aliphatic carbocycles. The summed E-state index contributed by atoms with van der Waals surface area (Å²) in [5.41, 5.74) is 4.05. The van der Waals surface area contributed by atoms with Crippen molar-refractivity contribution in [2.75, 3.05) is 18.1 Å². The normalized spacial score (nSPS) is 16.2. The zero-order chi connectivity index (χ0) is 18.5. The molecule has 0 saturated carbocycles. The van der Waals surface area contributed by atoms with Crippen molar-refractivity contribution in [2.24, 2.45) is 5.92 Å². The molecule has 3 aromatic rings. The van der Waals surface area contributed by atoms with Crippen LogP contribution in [0.4, 0.5) is 5.69 Å². The molecule has 1 saturated heterocycles. The zero-order valence-corrected chi connectivity index (χ0v) is 15.1. The predicted octanol–water partition coefficient (Wildman–Crippen LogP) is 4.32. The molecule has 0 spiro atoms. The van der Waals surface area contributed by atoms with Crippen molar-refractivity contribution in [3.8, 4) is 11.1 Å². The van der Waals surface area contributed by atoms with Gasteiger partial charge in [0, 0.05) is 18.5 Å². The lowest BCUT2D eigenvalue weighted by Crippen LogP contribution is -2.36. The van der Waals surface area contributed by atoms with E-state index in [0.29, 0.717) is 19.8 Å². The Bertz CT molecular complexity index is 873. The number of pyridine rings is 1. The van der Waals surface area contributed by atoms with Gasteiger partial charge in [-0.25, -0.2) is 0 Å². The van der Waals surface area contributed by atoms with Crippen LogP contribution >= 0.6 is 0 Å². The smallest absolute Gasteiger partial charge is 0.232 e. The molecule has 4 heteroatoms. The molecule has 0 bridgehead atoms. The second kappa shape index (κ2) is 8.14. The summed E-state index contributed by atoms with van der Waals surface area (Å²) in [5.74, 6) is 0.0214. The topological polar surface area (TPSA) is 42.4 Å². The number of hydrogen-bond acceptors (Lipinski definition) is 3. The summed E-state index contributed by atoms with van der Waals surface area (Å²) in [6.45, 7) is 1.61. The van der Waals surface area contributed by atoms with Gasteiger partial charge in [-0.3, -0.25) is 9.78 Å². The van der Waals surface area contributed by atoms with Crippen LogP contribution in [0.5, 0.6) is 0 Å². The molecule has 1 amide bonds. The Balaban J connectivity index is 1.62. The molecule has 4 rings (SSSR count). The van der Waals surface area contributed by atoms with Crippen molar-refractivity contribution in [3.05, 3.63) is 84.7 Å². The van der Waals surface area contributed by atoms with E-state index in [-0.39, 0.29) is 11.8 Å². The van der Waals surface area contributed by atoms with Gasteiger partial charge in [-0.15, -0.1) is 0 Å². The number of amides is 1. The average Bonchev–Trinajstić information content (AvgIpc) is 3.28. The number of anilines is 1. The maximum atomic E-state index is 13.1. The lowest BCUT2D eigenvalue weighted by Gasteiger charge is -2.25. The van der Waals surface area contributed by atoms with Crippen molar-refractivity contribution in [2.45, 2.75) is 13.0 Å². The maximum absolute atomic E-state index is 13.1. The highest BCUT2D eigenvalue weighted by Crippen LogP contribution is 2.26. The minimum atomic E-state index is -0.0810. The molecular weight excluding hydrogens is 336 g/mol. The van der Waals surface area contributed by atoms with E-state index in [1.165, 1.54) is 0 Å². The molecule has 1 aromatic heterocycles.